The average molecular weight is 271 g/mol. The van der Waals surface area contributed by atoms with Crippen LogP contribution in [0.15, 0.2) is 23.1 Å². The van der Waals surface area contributed by atoms with Crippen molar-refractivity contribution in [3.63, 3.8) is 0 Å². The van der Waals surface area contributed by atoms with Gasteiger partial charge in [0.2, 0.25) is 0 Å². The van der Waals surface area contributed by atoms with E-state index in [4.69, 9.17) is 5.73 Å². The third-order valence-electron chi connectivity index (χ3n) is 2.08. The number of hydrogen-bond donors (Lipinski definition) is 1. The summed E-state index contributed by atoms with van der Waals surface area (Å²) in [5.41, 5.74) is 4.99. The molecular weight excluding hydrogens is 261 g/mol. The van der Waals surface area contributed by atoms with Gasteiger partial charge in [-0.3, -0.25) is 0 Å². The van der Waals surface area contributed by atoms with Crippen molar-refractivity contribution >= 4 is 11.8 Å². The lowest BCUT2D eigenvalue weighted by Crippen LogP contribution is -2.32. The molecule has 0 radical (unpaired) electrons. The van der Waals surface area contributed by atoms with E-state index in [1.165, 1.54) is 0 Å². The summed E-state index contributed by atoms with van der Waals surface area (Å²) in [4.78, 5) is -0.146. The van der Waals surface area contributed by atoms with E-state index >= 15 is 0 Å². The second kappa shape index (κ2) is 5.68. The van der Waals surface area contributed by atoms with Gasteiger partial charge in [-0.2, -0.15) is 13.2 Å². The first kappa shape index (κ1) is 14.2. The highest BCUT2D eigenvalue weighted by Gasteiger charge is 2.38. The first-order chi connectivity index (χ1) is 7.84. The van der Waals surface area contributed by atoms with Crippen molar-refractivity contribution in [1.29, 1.82) is 0 Å². The van der Waals surface area contributed by atoms with Gasteiger partial charge in [-0.05, 0) is 18.2 Å². The number of nitrogens with two attached hydrogens (primary N) is 1. The molecule has 1 aromatic rings. The molecule has 0 bridgehead atoms. The molecule has 1 atom stereocenters. The molecule has 0 amide bonds. The van der Waals surface area contributed by atoms with Crippen LogP contribution in [0.3, 0.4) is 0 Å². The van der Waals surface area contributed by atoms with Crippen molar-refractivity contribution in [3.8, 4) is 0 Å². The summed E-state index contributed by atoms with van der Waals surface area (Å²) in [5.74, 6) is -3.59. The van der Waals surface area contributed by atoms with Crippen molar-refractivity contribution in [3.05, 3.63) is 29.8 Å². The maximum absolute atomic E-state index is 13.1. The maximum Gasteiger partial charge on any atom is 0.393 e. The second-order valence-electron chi connectivity index (χ2n) is 3.36. The van der Waals surface area contributed by atoms with Crippen molar-refractivity contribution in [2.24, 2.45) is 11.7 Å². The Morgan fingerprint density at radius 2 is 1.88 bits per heavy atom. The van der Waals surface area contributed by atoms with Crippen LogP contribution in [0.5, 0.6) is 0 Å². The Kier molecular flexibility index (Phi) is 4.76. The molecule has 0 fully saturated rings. The molecule has 0 aliphatic heterocycles. The fraction of sp³-hybridized carbons (Fsp3) is 0.400. The minimum Gasteiger partial charge on any atom is -0.330 e. The highest BCUT2D eigenvalue weighted by atomic mass is 32.2. The Balaban J connectivity index is 2.69. The smallest absolute Gasteiger partial charge is 0.330 e. The minimum absolute atomic E-state index is 0.146. The Morgan fingerprint density at radius 1 is 1.24 bits per heavy atom. The number of thioether (sulfide) groups is 1. The van der Waals surface area contributed by atoms with Gasteiger partial charge in [0.1, 0.15) is 11.6 Å². The number of rotatable bonds is 4. The fourth-order valence-electron chi connectivity index (χ4n) is 1.07. The summed E-state index contributed by atoms with van der Waals surface area (Å²) in [6.07, 6.45) is -4.43. The molecule has 1 aromatic carbocycles. The standard InChI is InChI=1S/C10H10F5NS/c11-7-1-2-8(12)9(3-7)17-5-6(4-16)10(13,14)15/h1-3,6H,4-5,16H2. The van der Waals surface area contributed by atoms with E-state index in [0.717, 1.165) is 18.2 Å². The predicted octanol–water partition coefficient (Wildman–Crippen LogP) is 3.19. The SMILES string of the molecule is NCC(CSc1cc(F)ccc1F)C(F)(F)F. The summed E-state index contributed by atoms with van der Waals surface area (Å²) in [6.45, 7) is -0.576. The van der Waals surface area contributed by atoms with Gasteiger partial charge in [-0.25, -0.2) is 8.78 Å². The normalized spacial score (nSPS) is 13.8. The van der Waals surface area contributed by atoms with Crippen LogP contribution in [-0.4, -0.2) is 18.5 Å². The Morgan fingerprint density at radius 3 is 2.41 bits per heavy atom. The molecule has 0 aromatic heterocycles. The largest absolute Gasteiger partial charge is 0.393 e. The monoisotopic (exact) mass is 271 g/mol. The van der Waals surface area contributed by atoms with Crippen LogP contribution in [0.1, 0.15) is 0 Å². The molecule has 0 saturated heterocycles. The third kappa shape index (κ3) is 4.16. The van der Waals surface area contributed by atoms with Crippen LogP contribution in [-0.2, 0) is 0 Å². The lowest BCUT2D eigenvalue weighted by molar-refractivity contribution is -0.165. The van der Waals surface area contributed by atoms with Crippen LogP contribution in [0.4, 0.5) is 22.0 Å². The maximum atomic E-state index is 13.1. The Hall–Kier alpha value is -0.820. The van der Waals surface area contributed by atoms with E-state index in [1.54, 1.807) is 0 Å². The molecule has 1 nitrogen and oxygen atoms in total. The summed E-state index contributed by atoms with van der Waals surface area (Å²) in [7, 11) is 0. The highest BCUT2D eigenvalue weighted by Crippen LogP contribution is 2.32. The summed E-state index contributed by atoms with van der Waals surface area (Å²) >= 11 is 0.606. The average Bonchev–Trinajstić information content (AvgIpc) is 2.22. The summed E-state index contributed by atoms with van der Waals surface area (Å²) < 4.78 is 62.9. The number of halogens is 5. The van der Waals surface area contributed by atoms with E-state index in [0.29, 0.717) is 11.8 Å². The van der Waals surface area contributed by atoms with E-state index in [9.17, 15) is 22.0 Å². The van der Waals surface area contributed by atoms with E-state index < -0.39 is 36.0 Å². The quantitative estimate of drug-likeness (QED) is 0.672. The van der Waals surface area contributed by atoms with Crippen molar-refractivity contribution in [2.75, 3.05) is 12.3 Å². The minimum atomic E-state index is -4.43. The zero-order chi connectivity index (χ0) is 13.1. The summed E-state index contributed by atoms with van der Waals surface area (Å²) in [5, 5.41) is 0. The molecule has 0 aliphatic rings. The van der Waals surface area contributed by atoms with E-state index in [2.05, 4.69) is 0 Å². The van der Waals surface area contributed by atoms with Crippen molar-refractivity contribution < 1.29 is 22.0 Å². The molecule has 0 saturated carbocycles. The van der Waals surface area contributed by atoms with Gasteiger partial charge in [0.15, 0.2) is 0 Å². The lowest BCUT2D eigenvalue weighted by Gasteiger charge is -2.17. The molecule has 17 heavy (non-hydrogen) atoms. The van der Waals surface area contributed by atoms with Gasteiger partial charge in [0.05, 0.1) is 5.92 Å². The van der Waals surface area contributed by atoms with Crippen LogP contribution in [0, 0.1) is 17.6 Å². The first-order valence-electron chi connectivity index (χ1n) is 4.69. The molecule has 1 rings (SSSR count). The zero-order valence-corrected chi connectivity index (χ0v) is 9.42. The molecule has 96 valence electrons. The van der Waals surface area contributed by atoms with Gasteiger partial charge < -0.3 is 5.73 Å². The van der Waals surface area contributed by atoms with Crippen LogP contribution in [0.2, 0.25) is 0 Å². The van der Waals surface area contributed by atoms with Crippen LogP contribution in [0.25, 0.3) is 0 Å². The molecular formula is C10H10F5NS. The molecule has 0 spiro atoms. The van der Waals surface area contributed by atoms with Crippen LogP contribution < -0.4 is 5.73 Å². The first-order valence-corrected chi connectivity index (χ1v) is 5.67. The summed E-state index contributed by atoms with van der Waals surface area (Å²) in [6, 6.07) is 2.65. The van der Waals surface area contributed by atoms with E-state index in [1.807, 2.05) is 0 Å². The van der Waals surface area contributed by atoms with Crippen molar-refractivity contribution in [2.45, 2.75) is 11.1 Å². The van der Waals surface area contributed by atoms with E-state index in [-0.39, 0.29) is 4.90 Å². The number of hydrogen-bond acceptors (Lipinski definition) is 2. The molecule has 2 N–H and O–H groups in total. The molecule has 0 aliphatic carbocycles. The fourth-order valence-corrected chi connectivity index (χ4v) is 2.18. The topological polar surface area (TPSA) is 26.0 Å². The van der Waals surface area contributed by atoms with Gasteiger partial charge in [-0.1, -0.05) is 0 Å². The van der Waals surface area contributed by atoms with Crippen LogP contribution >= 0.6 is 11.8 Å². The number of alkyl halides is 3. The third-order valence-corrected chi connectivity index (χ3v) is 3.27. The predicted molar refractivity (Wildman–Crippen MR) is 55.7 cm³/mol. The Bertz CT molecular complexity index is 379. The van der Waals surface area contributed by atoms with Crippen molar-refractivity contribution in [1.82, 2.24) is 0 Å². The zero-order valence-electron chi connectivity index (χ0n) is 8.60. The molecule has 1 unspecified atom stereocenters. The van der Waals surface area contributed by atoms with Gasteiger partial charge >= 0.3 is 6.18 Å². The second-order valence-corrected chi connectivity index (χ2v) is 4.42. The van der Waals surface area contributed by atoms with Gasteiger partial charge in [0, 0.05) is 17.2 Å². The van der Waals surface area contributed by atoms with Gasteiger partial charge in [0.25, 0.3) is 0 Å². The highest BCUT2D eigenvalue weighted by molar-refractivity contribution is 7.99. The number of benzene rings is 1. The Labute approximate surface area is 99.2 Å². The van der Waals surface area contributed by atoms with Gasteiger partial charge in [-0.15, -0.1) is 11.8 Å². The molecule has 0 heterocycles. The molecule has 7 heteroatoms. The lowest BCUT2D eigenvalue weighted by atomic mass is 10.2.